The lowest BCUT2D eigenvalue weighted by molar-refractivity contribution is 0.451. The number of rotatable bonds is 18. The molecule has 0 bridgehead atoms. The molecule has 0 aliphatic heterocycles. The second-order valence-electron chi connectivity index (χ2n) is 9.79. The highest BCUT2D eigenvalue weighted by atomic mass is 32.2. The highest BCUT2D eigenvalue weighted by molar-refractivity contribution is 7.87. The molecule has 0 atom stereocenters. The lowest BCUT2D eigenvalue weighted by Gasteiger charge is -2.10. The minimum Gasteiger partial charge on any atom is -0.374 e. The molecule has 0 saturated carbocycles. The zero-order valence-corrected chi connectivity index (χ0v) is 25.4. The van der Waals surface area contributed by atoms with Gasteiger partial charge in [0.25, 0.3) is 0 Å². The molecule has 0 spiro atoms. The van der Waals surface area contributed by atoms with E-state index in [1.54, 1.807) is 24.3 Å². The fraction of sp³-hybridized carbons (Fsp3) is 0.467. The maximum absolute atomic E-state index is 12.9. The smallest absolute Gasteiger partial charge is 0.339 e. The summed E-state index contributed by atoms with van der Waals surface area (Å²) in [6.07, 6.45) is 13.5. The standard InChI is InChI=1S/C30H40O6S3/c1-3-5-7-9-10-12-14-26-17-21-28(22-18-26)39(33,34)36-30-24-37-23-29(30)35-38(31,32)27-19-15-25(16-20-27)13-11-8-6-4-2/h15-24H,3-14H2,1-2H3. The first-order valence-corrected chi connectivity index (χ1v) is 17.6. The first-order valence-electron chi connectivity index (χ1n) is 13.9. The van der Waals surface area contributed by atoms with E-state index in [0.717, 1.165) is 67.4 Å². The Morgan fingerprint density at radius 3 is 1.31 bits per heavy atom. The molecule has 0 aliphatic rings. The zero-order valence-electron chi connectivity index (χ0n) is 22.9. The summed E-state index contributed by atoms with van der Waals surface area (Å²) in [7, 11) is -8.33. The first-order chi connectivity index (χ1) is 18.7. The van der Waals surface area contributed by atoms with Crippen LogP contribution in [0.5, 0.6) is 11.5 Å². The van der Waals surface area contributed by atoms with Crippen molar-refractivity contribution in [3.8, 4) is 11.5 Å². The van der Waals surface area contributed by atoms with Crippen molar-refractivity contribution in [2.45, 2.75) is 101 Å². The Balaban J connectivity index is 1.59. The number of hydrogen-bond donors (Lipinski definition) is 0. The minimum absolute atomic E-state index is 0.000711. The summed E-state index contributed by atoms with van der Waals surface area (Å²) >= 11 is 1.09. The number of unbranched alkanes of at least 4 members (excludes halogenated alkanes) is 8. The van der Waals surface area contributed by atoms with E-state index in [9.17, 15) is 16.8 Å². The summed E-state index contributed by atoms with van der Waals surface area (Å²) in [6.45, 7) is 4.36. The normalized spacial score (nSPS) is 11.9. The van der Waals surface area contributed by atoms with Crippen LogP contribution in [0.25, 0.3) is 0 Å². The van der Waals surface area contributed by atoms with Crippen LogP contribution in [-0.4, -0.2) is 16.8 Å². The van der Waals surface area contributed by atoms with E-state index in [4.69, 9.17) is 8.37 Å². The van der Waals surface area contributed by atoms with Crippen molar-refractivity contribution in [3.05, 3.63) is 70.4 Å². The van der Waals surface area contributed by atoms with E-state index in [2.05, 4.69) is 13.8 Å². The van der Waals surface area contributed by atoms with Crippen molar-refractivity contribution in [1.82, 2.24) is 0 Å². The van der Waals surface area contributed by atoms with E-state index in [1.807, 2.05) is 0 Å². The van der Waals surface area contributed by atoms with Crippen LogP contribution in [0.4, 0.5) is 0 Å². The molecule has 2 aromatic carbocycles. The van der Waals surface area contributed by atoms with Gasteiger partial charge in [-0.3, -0.25) is 0 Å². The summed E-state index contributed by atoms with van der Waals surface area (Å²) in [6, 6.07) is 13.2. The quantitative estimate of drug-likeness (QED) is 0.109. The predicted molar refractivity (Wildman–Crippen MR) is 158 cm³/mol. The third-order valence-electron chi connectivity index (χ3n) is 6.55. The maximum Gasteiger partial charge on any atom is 0.339 e. The molecule has 0 unspecified atom stereocenters. The van der Waals surface area contributed by atoms with Crippen LogP contribution >= 0.6 is 11.3 Å². The summed E-state index contributed by atoms with van der Waals surface area (Å²) < 4.78 is 62.1. The molecule has 1 aromatic heterocycles. The molecule has 0 fully saturated rings. The van der Waals surface area contributed by atoms with Crippen LogP contribution in [0.3, 0.4) is 0 Å². The van der Waals surface area contributed by atoms with Crippen LogP contribution in [-0.2, 0) is 33.1 Å². The average molecular weight is 593 g/mol. The Bertz CT molecular complexity index is 1340. The summed E-state index contributed by atoms with van der Waals surface area (Å²) in [5, 5.41) is 2.82. The van der Waals surface area contributed by atoms with E-state index in [-0.39, 0.29) is 21.3 Å². The third kappa shape index (κ3) is 9.96. The van der Waals surface area contributed by atoms with Gasteiger partial charge < -0.3 is 8.37 Å². The Morgan fingerprint density at radius 1 is 0.538 bits per heavy atom. The van der Waals surface area contributed by atoms with Crippen molar-refractivity contribution >= 4 is 31.6 Å². The van der Waals surface area contributed by atoms with Gasteiger partial charge in [-0.25, -0.2) is 0 Å². The molecule has 1 heterocycles. The van der Waals surface area contributed by atoms with Gasteiger partial charge in [0.05, 0.1) is 0 Å². The molecular formula is C30H40O6S3. The maximum atomic E-state index is 12.9. The monoisotopic (exact) mass is 592 g/mol. The van der Waals surface area contributed by atoms with Crippen LogP contribution in [0.15, 0.2) is 69.1 Å². The van der Waals surface area contributed by atoms with E-state index in [0.29, 0.717) is 0 Å². The topological polar surface area (TPSA) is 86.7 Å². The second kappa shape index (κ2) is 15.4. The summed E-state index contributed by atoms with van der Waals surface area (Å²) in [4.78, 5) is 0.00416. The van der Waals surface area contributed by atoms with E-state index < -0.39 is 20.2 Å². The van der Waals surface area contributed by atoms with Crippen molar-refractivity contribution in [3.63, 3.8) is 0 Å². The fourth-order valence-corrected chi connectivity index (χ4v) is 6.87. The second-order valence-corrected chi connectivity index (χ2v) is 13.6. The lowest BCUT2D eigenvalue weighted by Crippen LogP contribution is -2.13. The van der Waals surface area contributed by atoms with Crippen molar-refractivity contribution in [1.29, 1.82) is 0 Å². The number of thiophene rings is 1. The predicted octanol–water partition coefficient (Wildman–Crippen LogP) is 8.31. The van der Waals surface area contributed by atoms with Crippen LogP contribution in [0, 0.1) is 0 Å². The fourth-order valence-electron chi connectivity index (χ4n) is 4.24. The Labute approximate surface area is 238 Å². The van der Waals surface area contributed by atoms with Crippen molar-refractivity contribution < 1.29 is 25.2 Å². The molecule has 0 amide bonds. The number of aryl methyl sites for hydroxylation is 2. The average Bonchev–Trinajstić information content (AvgIpc) is 3.34. The summed E-state index contributed by atoms with van der Waals surface area (Å²) in [5.74, 6) is -0.320. The van der Waals surface area contributed by atoms with Gasteiger partial charge in [-0.1, -0.05) is 89.5 Å². The van der Waals surface area contributed by atoms with Gasteiger partial charge in [-0.05, 0) is 61.1 Å². The molecule has 6 nitrogen and oxygen atoms in total. The Kier molecular flexibility index (Phi) is 12.3. The van der Waals surface area contributed by atoms with Gasteiger partial charge in [0, 0.05) is 10.8 Å². The Morgan fingerprint density at radius 2 is 0.897 bits per heavy atom. The van der Waals surface area contributed by atoms with Crippen LogP contribution in [0.2, 0.25) is 0 Å². The third-order valence-corrected chi connectivity index (χ3v) is 9.75. The van der Waals surface area contributed by atoms with Gasteiger partial charge >= 0.3 is 20.2 Å². The van der Waals surface area contributed by atoms with Crippen LogP contribution < -0.4 is 8.37 Å². The van der Waals surface area contributed by atoms with Gasteiger partial charge in [-0.2, -0.15) is 16.8 Å². The molecule has 0 radical (unpaired) electrons. The molecule has 39 heavy (non-hydrogen) atoms. The van der Waals surface area contributed by atoms with Gasteiger partial charge in [0.15, 0.2) is 11.5 Å². The van der Waals surface area contributed by atoms with Gasteiger partial charge in [-0.15, -0.1) is 11.3 Å². The summed E-state index contributed by atoms with van der Waals surface area (Å²) in [5.41, 5.74) is 2.13. The SMILES string of the molecule is CCCCCCCCc1ccc(S(=O)(=O)Oc2cscc2OS(=O)(=O)c2ccc(CCCCCC)cc2)cc1. The van der Waals surface area contributed by atoms with Crippen molar-refractivity contribution in [2.24, 2.45) is 0 Å². The molecule has 9 heteroatoms. The minimum atomic E-state index is -4.17. The van der Waals surface area contributed by atoms with Crippen molar-refractivity contribution in [2.75, 3.05) is 0 Å². The van der Waals surface area contributed by atoms with Gasteiger partial charge in [0.2, 0.25) is 0 Å². The first kappa shape index (κ1) is 31.2. The molecule has 0 N–H and O–H groups in total. The lowest BCUT2D eigenvalue weighted by atomic mass is 10.1. The van der Waals surface area contributed by atoms with E-state index >= 15 is 0 Å². The highest BCUT2D eigenvalue weighted by Crippen LogP contribution is 2.36. The molecule has 0 aliphatic carbocycles. The van der Waals surface area contributed by atoms with Gasteiger partial charge in [0.1, 0.15) is 9.79 Å². The number of benzene rings is 2. The molecule has 214 valence electrons. The van der Waals surface area contributed by atoms with E-state index in [1.165, 1.54) is 67.1 Å². The molecule has 3 rings (SSSR count). The highest BCUT2D eigenvalue weighted by Gasteiger charge is 2.24. The zero-order chi connectivity index (χ0) is 28.1. The van der Waals surface area contributed by atoms with Crippen LogP contribution in [0.1, 0.15) is 89.2 Å². The molecular weight excluding hydrogens is 553 g/mol. The largest absolute Gasteiger partial charge is 0.374 e. The molecule has 3 aromatic rings. The Hall–Kier alpha value is -2.36. The number of hydrogen-bond acceptors (Lipinski definition) is 7. The molecule has 0 saturated heterocycles.